The number of rotatable bonds is 2. The molecule has 0 unspecified atom stereocenters. The first kappa shape index (κ1) is 9.06. The van der Waals surface area contributed by atoms with Gasteiger partial charge in [0.25, 0.3) is 5.69 Å². The zero-order valence-electron chi connectivity index (χ0n) is 7.17. The molecule has 0 bridgehead atoms. The molecule has 2 rings (SSSR count). The van der Waals surface area contributed by atoms with Crippen molar-refractivity contribution < 1.29 is 14.8 Å². The van der Waals surface area contributed by atoms with Gasteiger partial charge in [-0.3, -0.25) is 15.2 Å². The lowest BCUT2D eigenvalue weighted by Gasteiger charge is -1.91. The normalized spacial score (nSPS) is 10.4. The first-order valence-electron chi connectivity index (χ1n) is 3.81. The van der Waals surface area contributed by atoms with Crippen molar-refractivity contribution in [2.45, 2.75) is 0 Å². The molecule has 2 N–H and O–H groups in total. The predicted molar refractivity (Wildman–Crippen MR) is 47.5 cm³/mol. The summed E-state index contributed by atoms with van der Waals surface area (Å²) in [5.74, 6) is -1.24. The van der Waals surface area contributed by atoms with E-state index in [2.05, 4.69) is 15.2 Å². The number of aromatic amines is 1. The highest BCUT2D eigenvalue weighted by molar-refractivity contribution is 6.00. The number of pyridine rings is 1. The van der Waals surface area contributed by atoms with Gasteiger partial charge in [-0.25, -0.2) is 9.78 Å². The second-order valence-electron chi connectivity index (χ2n) is 2.73. The third-order valence-corrected chi connectivity index (χ3v) is 1.82. The average Bonchev–Trinajstić information content (AvgIpc) is 2.59. The Morgan fingerprint density at radius 2 is 2.33 bits per heavy atom. The number of H-pyrrole nitrogens is 1. The Balaban J connectivity index is 2.72. The van der Waals surface area contributed by atoms with Gasteiger partial charge in [-0.15, -0.1) is 0 Å². The van der Waals surface area contributed by atoms with Gasteiger partial charge in [0, 0.05) is 6.07 Å². The molecular formula is C7H4N4O4. The number of hydrogen-bond donors (Lipinski definition) is 2. The highest BCUT2D eigenvalue weighted by atomic mass is 16.6. The molecule has 0 saturated heterocycles. The van der Waals surface area contributed by atoms with Crippen LogP contribution >= 0.6 is 0 Å². The zero-order valence-corrected chi connectivity index (χ0v) is 7.17. The van der Waals surface area contributed by atoms with E-state index >= 15 is 0 Å². The van der Waals surface area contributed by atoms with E-state index in [1.165, 1.54) is 0 Å². The van der Waals surface area contributed by atoms with Crippen LogP contribution in [0.3, 0.4) is 0 Å². The van der Waals surface area contributed by atoms with Crippen LogP contribution < -0.4 is 0 Å². The maximum absolute atomic E-state index is 10.7. The van der Waals surface area contributed by atoms with Crippen molar-refractivity contribution in [1.29, 1.82) is 0 Å². The van der Waals surface area contributed by atoms with Gasteiger partial charge in [-0.05, 0) is 0 Å². The minimum Gasteiger partial charge on any atom is -0.477 e. The summed E-state index contributed by atoms with van der Waals surface area (Å²) >= 11 is 0. The molecule has 0 saturated carbocycles. The molecule has 0 atom stereocenters. The van der Waals surface area contributed by atoms with Crippen molar-refractivity contribution in [2.75, 3.05) is 0 Å². The van der Waals surface area contributed by atoms with Crippen molar-refractivity contribution in [2.24, 2.45) is 0 Å². The predicted octanol–water partition coefficient (Wildman–Crippen LogP) is 0.564. The van der Waals surface area contributed by atoms with Crippen molar-refractivity contribution in [3.05, 3.63) is 28.1 Å². The molecular weight excluding hydrogens is 204 g/mol. The summed E-state index contributed by atoms with van der Waals surface area (Å²) in [6, 6.07) is 1.12. The number of hydrogen-bond acceptors (Lipinski definition) is 5. The quantitative estimate of drug-likeness (QED) is 0.549. The van der Waals surface area contributed by atoms with Crippen LogP contribution in [0.1, 0.15) is 10.5 Å². The number of nitrogens with one attached hydrogen (secondary N) is 1. The van der Waals surface area contributed by atoms with Crippen LogP contribution in [0.25, 0.3) is 11.0 Å². The van der Waals surface area contributed by atoms with Gasteiger partial charge in [0.2, 0.25) is 0 Å². The third-order valence-electron chi connectivity index (χ3n) is 1.82. The summed E-state index contributed by atoms with van der Waals surface area (Å²) in [7, 11) is 0. The molecule has 0 aliphatic carbocycles. The van der Waals surface area contributed by atoms with Crippen LogP contribution in [0.5, 0.6) is 0 Å². The standard InChI is InChI=1S/C7H4N4O4/c12-7(13)5-4-1-3(11(14)15)2-8-6(4)10-9-5/h1-2H,(H,12,13)(H,8,9,10). The lowest BCUT2D eigenvalue weighted by Crippen LogP contribution is -1.97. The molecule has 0 spiro atoms. The van der Waals surface area contributed by atoms with Crippen LogP contribution in [-0.4, -0.2) is 31.2 Å². The van der Waals surface area contributed by atoms with Crippen LogP contribution in [-0.2, 0) is 0 Å². The Labute approximate surface area is 81.7 Å². The molecule has 0 fully saturated rings. The minimum atomic E-state index is -1.24. The van der Waals surface area contributed by atoms with E-state index in [0.717, 1.165) is 12.3 Å². The molecule has 8 heteroatoms. The van der Waals surface area contributed by atoms with Crippen LogP contribution in [0.15, 0.2) is 12.3 Å². The maximum Gasteiger partial charge on any atom is 0.354 e. The Bertz CT molecular complexity index is 561. The van der Waals surface area contributed by atoms with Gasteiger partial charge in [-0.2, -0.15) is 5.10 Å². The van der Waals surface area contributed by atoms with Gasteiger partial charge in [0.1, 0.15) is 6.20 Å². The number of aromatic nitrogens is 3. The van der Waals surface area contributed by atoms with Crippen molar-refractivity contribution in [3.8, 4) is 0 Å². The number of carboxylic acid groups (broad SMARTS) is 1. The number of aromatic carboxylic acids is 1. The van der Waals surface area contributed by atoms with Gasteiger partial charge < -0.3 is 5.11 Å². The van der Waals surface area contributed by atoms with E-state index in [4.69, 9.17) is 5.11 Å². The highest BCUT2D eigenvalue weighted by Gasteiger charge is 2.16. The van der Waals surface area contributed by atoms with Crippen LogP contribution in [0.2, 0.25) is 0 Å². The van der Waals surface area contributed by atoms with Crippen molar-refractivity contribution in [3.63, 3.8) is 0 Å². The van der Waals surface area contributed by atoms with E-state index in [0.29, 0.717) is 0 Å². The first-order valence-corrected chi connectivity index (χ1v) is 3.81. The molecule has 0 radical (unpaired) electrons. The van der Waals surface area contributed by atoms with Crippen LogP contribution in [0, 0.1) is 10.1 Å². The topological polar surface area (TPSA) is 122 Å². The van der Waals surface area contributed by atoms with Gasteiger partial charge in [0.05, 0.1) is 10.3 Å². The largest absolute Gasteiger partial charge is 0.477 e. The smallest absolute Gasteiger partial charge is 0.354 e. The molecule has 2 aromatic rings. The maximum atomic E-state index is 10.7. The molecule has 2 heterocycles. The fourth-order valence-corrected chi connectivity index (χ4v) is 1.15. The molecule has 0 aliphatic heterocycles. The summed E-state index contributed by atoms with van der Waals surface area (Å²) in [4.78, 5) is 24.1. The average molecular weight is 208 g/mol. The molecule has 2 aromatic heterocycles. The summed E-state index contributed by atoms with van der Waals surface area (Å²) in [5.41, 5.74) is -0.342. The number of carbonyl (C=O) groups is 1. The number of nitro groups is 1. The lowest BCUT2D eigenvalue weighted by molar-refractivity contribution is -0.385. The summed E-state index contributed by atoms with van der Waals surface area (Å²) in [6.07, 6.45) is 1.02. The fourth-order valence-electron chi connectivity index (χ4n) is 1.15. The summed E-state index contributed by atoms with van der Waals surface area (Å²) in [6.45, 7) is 0. The minimum absolute atomic E-state index is 0.122. The van der Waals surface area contributed by atoms with E-state index in [1.807, 2.05) is 0 Å². The molecule has 0 aromatic carbocycles. The molecule has 76 valence electrons. The second-order valence-corrected chi connectivity index (χ2v) is 2.73. The SMILES string of the molecule is O=C(O)c1[nH]nc2ncc([N+](=O)[O-])cc12. The van der Waals surface area contributed by atoms with Crippen LogP contribution in [0.4, 0.5) is 5.69 Å². The number of carboxylic acids is 1. The van der Waals surface area contributed by atoms with E-state index in [1.54, 1.807) is 0 Å². The molecule has 15 heavy (non-hydrogen) atoms. The number of nitrogens with zero attached hydrogens (tertiary/aromatic N) is 3. The zero-order chi connectivity index (χ0) is 11.0. The Hall–Kier alpha value is -2.51. The molecule has 0 amide bonds. The van der Waals surface area contributed by atoms with E-state index in [9.17, 15) is 14.9 Å². The second kappa shape index (κ2) is 3.01. The lowest BCUT2D eigenvalue weighted by atomic mass is 10.2. The third kappa shape index (κ3) is 1.37. The molecule has 0 aliphatic rings. The van der Waals surface area contributed by atoms with Gasteiger partial charge in [-0.1, -0.05) is 0 Å². The van der Waals surface area contributed by atoms with Crippen molar-refractivity contribution in [1.82, 2.24) is 15.2 Å². The Morgan fingerprint density at radius 1 is 1.60 bits per heavy atom. The molecule has 8 nitrogen and oxygen atoms in total. The Morgan fingerprint density at radius 3 is 2.93 bits per heavy atom. The van der Waals surface area contributed by atoms with E-state index < -0.39 is 10.9 Å². The summed E-state index contributed by atoms with van der Waals surface area (Å²) in [5, 5.41) is 25.1. The van der Waals surface area contributed by atoms with Crippen molar-refractivity contribution >= 4 is 22.7 Å². The summed E-state index contributed by atoms with van der Waals surface area (Å²) < 4.78 is 0. The monoisotopic (exact) mass is 208 g/mol. The number of fused-ring (bicyclic) bond motifs is 1. The Kier molecular flexibility index (Phi) is 1.82. The first-order chi connectivity index (χ1) is 7.09. The van der Waals surface area contributed by atoms with Gasteiger partial charge in [0.15, 0.2) is 11.3 Å². The fraction of sp³-hybridized carbons (Fsp3) is 0. The van der Waals surface area contributed by atoms with E-state index in [-0.39, 0.29) is 22.4 Å². The van der Waals surface area contributed by atoms with Gasteiger partial charge >= 0.3 is 5.97 Å². The highest BCUT2D eigenvalue weighted by Crippen LogP contribution is 2.19.